The molecule has 0 N–H and O–H groups in total. The maximum absolute atomic E-state index is 9.12. The normalized spacial score (nSPS) is 25.1. The molecular weight excluding hydrogens is 224 g/mol. The molecule has 0 spiro atoms. The van der Waals surface area contributed by atoms with Gasteiger partial charge in [-0.25, -0.2) is 4.98 Å². The van der Waals surface area contributed by atoms with E-state index in [1.807, 2.05) is 13.0 Å². The van der Waals surface area contributed by atoms with Crippen molar-refractivity contribution >= 4 is 11.6 Å². The van der Waals surface area contributed by atoms with E-state index in [9.17, 15) is 0 Å². The molecule has 1 aromatic heterocycles. The second-order valence-corrected chi connectivity index (χ2v) is 4.40. The summed E-state index contributed by atoms with van der Waals surface area (Å²) in [6.07, 6.45) is 0.795. The molecule has 84 valence electrons. The smallest absolute Gasteiger partial charge is 0.129 e. The molecule has 2 heterocycles. The van der Waals surface area contributed by atoms with Crippen molar-refractivity contribution in [1.29, 1.82) is 5.26 Å². The number of hydrogen-bond acceptors (Lipinski definition) is 3. The van der Waals surface area contributed by atoms with Gasteiger partial charge in [0.05, 0.1) is 18.6 Å². The lowest BCUT2D eigenvalue weighted by atomic mass is 9.83. The van der Waals surface area contributed by atoms with Gasteiger partial charge in [-0.2, -0.15) is 5.26 Å². The average molecular weight is 237 g/mol. The fourth-order valence-corrected chi connectivity index (χ4v) is 2.32. The predicted octanol–water partition coefficient (Wildman–Crippen LogP) is 2.69. The lowest BCUT2D eigenvalue weighted by molar-refractivity contribution is 0.0615. The monoisotopic (exact) mass is 236 g/mol. The summed E-state index contributed by atoms with van der Waals surface area (Å²) in [5.74, 6) is 0.152. The highest BCUT2D eigenvalue weighted by Gasteiger charge is 2.28. The van der Waals surface area contributed by atoms with E-state index in [1.54, 1.807) is 6.07 Å². The summed E-state index contributed by atoms with van der Waals surface area (Å²) < 4.78 is 5.44. The largest absolute Gasteiger partial charge is 0.381 e. The van der Waals surface area contributed by atoms with Crippen LogP contribution in [0.25, 0.3) is 0 Å². The second kappa shape index (κ2) is 4.82. The van der Waals surface area contributed by atoms with Crippen LogP contribution < -0.4 is 0 Å². The average Bonchev–Trinajstić information content (AvgIpc) is 2.29. The topological polar surface area (TPSA) is 45.9 Å². The highest BCUT2D eigenvalue weighted by molar-refractivity contribution is 6.29. The van der Waals surface area contributed by atoms with Crippen molar-refractivity contribution in [2.45, 2.75) is 19.3 Å². The van der Waals surface area contributed by atoms with Gasteiger partial charge in [-0.15, -0.1) is 0 Å². The van der Waals surface area contributed by atoms with E-state index >= 15 is 0 Å². The highest BCUT2D eigenvalue weighted by Crippen LogP contribution is 2.32. The lowest BCUT2D eigenvalue weighted by Crippen LogP contribution is -2.25. The Bertz CT molecular complexity index is 428. The van der Waals surface area contributed by atoms with E-state index in [1.165, 1.54) is 0 Å². The fourth-order valence-electron chi connectivity index (χ4n) is 2.13. The zero-order chi connectivity index (χ0) is 11.5. The first-order chi connectivity index (χ1) is 7.72. The van der Waals surface area contributed by atoms with Crippen LogP contribution in [0, 0.1) is 24.2 Å². The lowest BCUT2D eigenvalue weighted by Gasteiger charge is -2.28. The molecule has 4 heteroatoms. The van der Waals surface area contributed by atoms with Gasteiger partial charge in [0.1, 0.15) is 5.15 Å². The minimum Gasteiger partial charge on any atom is -0.381 e. The second-order valence-electron chi connectivity index (χ2n) is 4.01. The summed E-state index contributed by atoms with van der Waals surface area (Å²) >= 11 is 5.82. The molecule has 0 saturated carbocycles. The van der Waals surface area contributed by atoms with E-state index in [0.29, 0.717) is 18.4 Å². The minimum atomic E-state index is 0.0235. The van der Waals surface area contributed by atoms with Gasteiger partial charge in [0, 0.05) is 18.2 Å². The van der Waals surface area contributed by atoms with Gasteiger partial charge in [-0.1, -0.05) is 17.7 Å². The minimum absolute atomic E-state index is 0.0235. The summed E-state index contributed by atoms with van der Waals surface area (Å²) in [6.45, 7) is 3.20. The number of nitrogens with zero attached hydrogens (tertiary/aromatic N) is 2. The molecule has 16 heavy (non-hydrogen) atoms. The number of ether oxygens (including phenoxy) is 1. The molecule has 0 aromatic carbocycles. The Morgan fingerprint density at radius 3 is 3.06 bits per heavy atom. The van der Waals surface area contributed by atoms with Crippen LogP contribution >= 0.6 is 11.6 Å². The molecule has 0 radical (unpaired) electrons. The quantitative estimate of drug-likeness (QED) is 0.705. The molecule has 0 aliphatic carbocycles. The van der Waals surface area contributed by atoms with E-state index in [0.717, 1.165) is 17.7 Å². The highest BCUT2D eigenvalue weighted by atomic mass is 35.5. The summed E-state index contributed by atoms with van der Waals surface area (Å²) in [4.78, 5) is 4.22. The Morgan fingerprint density at radius 2 is 2.38 bits per heavy atom. The van der Waals surface area contributed by atoms with Crippen molar-refractivity contribution < 1.29 is 4.74 Å². The molecule has 2 unspecified atom stereocenters. The standard InChI is InChI=1S/C12H13ClN2O/c1-8-10(2-3-12(13)15-8)11-7-16-5-4-9(11)6-14/h2-3,9,11H,4-5,7H2,1H3. The van der Waals surface area contributed by atoms with Gasteiger partial charge in [-0.3, -0.25) is 0 Å². The first kappa shape index (κ1) is 11.4. The van der Waals surface area contributed by atoms with Crippen LogP contribution in [0.1, 0.15) is 23.6 Å². The molecule has 1 fully saturated rings. The number of halogens is 1. The maximum Gasteiger partial charge on any atom is 0.129 e. The number of hydrogen-bond donors (Lipinski definition) is 0. The van der Waals surface area contributed by atoms with Crippen LogP contribution in [0.3, 0.4) is 0 Å². The zero-order valence-corrected chi connectivity index (χ0v) is 9.87. The Morgan fingerprint density at radius 1 is 1.56 bits per heavy atom. The molecule has 2 rings (SSSR count). The van der Waals surface area contributed by atoms with E-state index in [4.69, 9.17) is 21.6 Å². The van der Waals surface area contributed by atoms with Crippen molar-refractivity contribution in [1.82, 2.24) is 4.98 Å². The molecular formula is C12H13ClN2O. The van der Waals surface area contributed by atoms with Crippen molar-refractivity contribution in [3.05, 3.63) is 28.5 Å². The summed E-state index contributed by atoms with van der Waals surface area (Å²) in [7, 11) is 0. The summed E-state index contributed by atoms with van der Waals surface area (Å²) in [5, 5.41) is 9.61. The molecule has 3 nitrogen and oxygen atoms in total. The van der Waals surface area contributed by atoms with Gasteiger partial charge in [0.25, 0.3) is 0 Å². The van der Waals surface area contributed by atoms with Crippen molar-refractivity contribution in [2.75, 3.05) is 13.2 Å². The third-order valence-corrected chi connectivity index (χ3v) is 3.22. The first-order valence-corrected chi connectivity index (χ1v) is 5.70. The number of rotatable bonds is 1. The van der Waals surface area contributed by atoms with Gasteiger partial charge in [-0.05, 0) is 25.0 Å². The summed E-state index contributed by atoms with van der Waals surface area (Å²) in [6, 6.07) is 6.08. The Hall–Kier alpha value is -1.11. The third-order valence-electron chi connectivity index (χ3n) is 3.01. The Labute approximate surface area is 100 Å². The molecule has 0 amide bonds. The van der Waals surface area contributed by atoms with Crippen molar-refractivity contribution in [3.63, 3.8) is 0 Å². The van der Waals surface area contributed by atoms with Crippen LogP contribution in [0.4, 0.5) is 0 Å². The molecule has 1 aliphatic rings. The van der Waals surface area contributed by atoms with Crippen LogP contribution in [0.5, 0.6) is 0 Å². The Kier molecular flexibility index (Phi) is 3.42. The van der Waals surface area contributed by atoms with E-state index < -0.39 is 0 Å². The third kappa shape index (κ3) is 2.18. The maximum atomic E-state index is 9.12. The molecule has 1 aliphatic heterocycles. The van der Waals surface area contributed by atoms with E-state index in [2.05, 4.69) is 11.1 Å². The van der Waals surface area contributed by atoms with Crippen LogP contribution in [-0.4, -0.2) is 18.2 Å². The zero-order valence-electron chi connectivity index (χ0n) is 9.11. The van der Waals surface area contributed by atoms with Gasteiger partial charge in [0.2, 0.25) is 0 Å². The molecule has 1 aromatic rings. The molecule has 1 saturated heterocycles. The number of aromatic nitrogens is 1. The molecule has 2 atom stereocenters. The van der Waals surface area contributed by atoms with Gasteiger partial charge >= 0.3 is 0 Å². The number of pyridine rings is 1. The number of aryl methyl sites for hydroxylation is 1. The van der Waals surface area contributed by atoms with Crippen LogP contribution in [0.2, 0.25) is 5.15 Å². The Balaban J connectivity index is 2.31. The van der Waals surface area contributed by atoms with Gasteiger partial charge in [0.15, 0.2) is 0 Å². The van der Waals surface area contributed by atoms with Crippen molar-refractivity contribution in [2.24, 2.45) is 5.92 Å². The van der Waals surface area contributed by atoms with Crippen LogP contribution in [0.15, 0.2) is 12.1 Å². The van der Waals surface area contributed by atoms with Gasteiger partial charge < -0.3 is 4.74 Å². The van der Waals surface area contributed by atoms with Crippen LogP contribution in [-0.2, 0) is 4.74 Å². The SMILES string of the molecule is Cc1nc(Cl)ccc1C1COCCC1C#N. The predicted molar refractivity (Wildman–Crippen MR) is 61.3 cm³/mol. The fraction of sp³-hybridized carbons (Fsp3) is 0.500. The first-order valence-electron chi connectivity index (χ1n) is 5.33. The summed E-state index contributed by atoms with van der Waals surface area (Å²) in [5.41, 5.74) is 1.97. The van der Waals surface area contributed by atoms with E-state index in [-0.39, 0.29) is 11.8 Å². The van der Waals surface area contributed by atoms with Crippen molar-refractivity contribution in [3.8, 4) is 6.07 Å². The number of nitriles is 1. The molecule has 0 bridgehead atoms.